The van der Waals surface area contributed by atoms with Crippen LogP contribution in [0.25, 0.3) is 0 Å². The van der Waals surface area contributed by atoms with E-state index in [-0.39, 0.29) is 17.6 Å². The van der Waals surface area contributed by atoms with Gasteiger partial charge in [-0.3, -0.25) is 4.21 Å². The second-order valence-corrected chi connectivity index (χ2v) is 11.9. The Morgan fingerprint density at radius 3 is 2.44 bits per heavy atom. The number of anilines is 2. The normalized spacial score (nSPS) is 25.4. The molecule has 0 unspecified atom stereocenters. The molecule has 4 aliphatic rings. The lowest BCUT2D eigenvalue weighted by molar-refractivity contribution is 0.143. The smallest absolute Gasteiger partial charge is 0.146 e. The van der Waals surface area contributed by atoms with Crippen molar-refractivity contribution in [2.45, 2.75) is 66.7 Å². The molecule has 8 heteroatoms. The standard InChI is InChI=1S/C24H29ClN4O2S/c25-17-2-4-18(5-3-17)29-12-6-16(7-13-29)21-26-20-19(32(31)15-23(20)10-11-23)22(27-21)28-24(14-30)8-1-9-24/h2-5,16,30H,1,6-15H2,(H,26,27,28)/t32-/m0/s1. The number of rotatable bonds is 5. The number of fused-ring (bicyclic) bond motifs is 2. The maximum Gasteiger partial charge on any atom is 0.146 e. The van der Waals surface area contributed by atoms with E-state index in [9.17, 15) is 9.32 Å². The van der Waals surface area contributed by atoms with Crippen molar-refractivity contribution in [3.8, 4) is 0 Å². The van der Waals surface area contributed by atoms with Crippen LogP contribution in [0.4, 0.5) is 11.5 Å². The van der Waals surface area contributed by atoms with Crippen molar-refractivity contribution >= 4 is 33.9 Å². The summed E-state index contributed by atoms with van der Waals surface area (Å²) < 4.78 is 13.0. The Labute approximate surface area is 196 Å². The lowest BCUT2D eigenvalue weighted by Gasteiger charge is -2.42. The molecule has 170 valence electrons. The quantitative estimate of drug-likeness (QED) is 0.685. The SMILES string of the molecule is O=[S@]1CC2(CC2)c2nc(C3CCN(c4ccc(Cl)cc4)CC3)nc(NC3(CO)CCC3)c21. The Bertz CT molecular complexity index is 1050. The summed E-state index contributed by atoms with van der Waals surface area (Å²) in [7, 11) is -1.06. The van der Waals surface area contributed by atoms with E-state index in [2.05, 4.69) is 22.3 Å². The molecule has 6 nitrogen and oxygen atoms in total. The van der Waals surface area contributed by atoms with Gasteiger partial charge in [0.15, 0.2) is 0 Å². The Morgan fingerprint density at radius 1 is 1.12 bits per heavy atom. The molecule has 32 heavy (non-hydrogen) atoms. The van der Waals surface area contributed by atoms with Crippen molar-refractivity contribution in [1.82, 2.24) is 9.97 Å². The molecular weight excluding hydrogens is 444 g/mol. The van der Waals surface area contributed by atoms with Crippen LogP contribution in [0, 0.1) is 0 Å². The summed E-state index contributed by atoms with van der Waals surface area (Å²) in [5, 5.41) is 14.3. The second kappa shape index (κ2) is 7.67. The number of aromatic nitrogens is 2. The molecule has 3 heterocycles. The molecule has 0 amide bonds. The Morgan fingerprint density at radius 2 is 1.84 bits per heavy atom. The van der Waals surface area contributed by atoms with Gasteiger partial charge in [0, 0.05) is 40.9 Å². The predicted molar refractivity (Wildman–Crippen MR) is 127 cm³/mol. The molecule has 1 aromatic heterocycles. The van der Waals surface area contributed by atoms with Gasteiger partial charge in [-0.25, -0.2) is 9.97 Å². The molecule has 3 fully saturated rings. The number of benzene rings is 1. The zero-order valence-corrected chi connectivity index (χ0v) is 19.7. The third kappa shape index (κ3) is 3.44. The van der Waals surface area contributed by atoms with Crippen molar-refractivity contribution in [1.29, 1.82) is 0 Å². The van der Waals surface area contributed by atoms with Gasteiger partial charge in [0.2, 0.25) is 0 Å². The Kier molecular flexibility index (Phi) is 5.01. The molecule has 1 atom stereocenters. The molecule has 2 N–H and O–H groups in total. The van der Waals surface area contributed by atoms with Gasteiger partial charge in [-0.05, 0) is 69.2 Å². The largest absolute Gasteiger partial charge is 0.394 e. The number of nitrogens with one attached hydrogen (secondary N) is 1. The van der Waals surface area contributed by atoms with Gasteiger partial charge < -0.3 is 15.3 Å². The van der Waals surface area contributed by atoms with Crippen LogP contribution in [-0.2, 0) is 16.2 Å². The number of aliphatic hydroxyl groups is 1. The first-order valence-electron chi connectivity index (χ1n) is 11.7. The van der Waals surface area contributed by atoms with E-state index in [0.29, 0.717) is 11.7 Å². The van der Waals surface area contributed by atoms with Crippen LogP contribution >= 0.6 is 11.6 Å². The van der Waals surface area contributed by atoms with Crippen LogP contribution in [0.1, 0.15) is 62.4 Å². The first-order valence-corrected chi connectivity index (χ1v) is 13.4. The van der Waals surface area contributed by atoms with Crippen molar-refractivity contribution in [3.05, 3.63) is 40.8 Å². The zero-order chi connectivity index (χ0) is 21.9. The average molecular weight is 473 g/mol. The number of nitrogens with zero attached hydrogens (tertiary/aromatic N) is 3. The van der Waals surface area contributed by atoms with Crippen LogP contribution in [0.5, 0.6) is 0 Å². The van der Waals surface area contributed by atoms with Gasteiger partial charge in [-0.1, -0.05) is 11.6 Å². The summed E-state index contributed by atoms with van der Waals surface area (Å²) in [6.07, 6.45) is 7.07. The zero-order valence-electron chi connectivity index (χ0n) is 18.1. The fourth-order valence-corrected chi connectivity index (χ4v) is 7.45. The predicted octanol–water partition coefficient (Wildman–Crippen LogP) is 3.99. The molecule has 1 aromatic carbocycles. The van der Waals surface area contributed by atoms with Crippen LogP contribution in [0.15, 0.2) is 29.2 Å². The van der Waals surface area contributed by atoms with Gasteiger partial charge in [0.25, 0.3) is 0 Å². The minimum Gasteiger partial charge on any atom is -0.394 e. The second-order valence-electron chi connectivity index (χ2n) is 10.0. The summed E-state index contributed by atoms with van der Waals surface area (Å²) in [6.45, 7) is 1.98. The molecular formula is C24H29ClN4O2S. The van der Waals surface area contributed by atoms with Crippen molar-refractivity contribution in [2.75, 3.05) is 35.7 Å². The van der Waals surface area contributed by atoms with Crippen molar-refractivity contribution in [2.24, 2.45) is 0 Å². The van der Waals surface area contributed by atoms with E-state index >= 15 is 0 Å². The van der Waals surface area contributed by atoms with Gasteiger partial charge in [0.1, 0.15) is 16.5 Å². The molecule has 2 saturated carbocycles. The molecule has 1 spiro atoms. The van der Waals surface area contributed by atoms with Crippen molar-refractivity contribution in [3.63, 3.8) is 0 Å². The number of hydrogen-bond donors (Lipinski definition) is 2. The first kappa shape index (κ1) is 20.9. The summed E-state index contributed by atoms with van der Waals surface area (Å²) in [5.74, 6) is 2.58. The number of piperidine rings is 1. The summed E-state index contributed by atoms with van der Waals surface area (Å²) >= 11 is 6.05. The Balaban J connectivity index is 1.29. The van der Waals surface area contributed by atoms with Gasteiger partial charge in [-0.15, -0.1) is 0 Å². The third-order valence-electron chi connectivity index (χ3n) is 7.92. The van der Waals surface area contributed by atoms with E-state index in [1.807, 2.05) is 12.1 Å². The van der Waals surface area contributed by atoms with E-state index in [0.717, 1.165) is 85.3 Å². The number of aliphatic hydroxyl groups excluding tert-OH is 1. The fraction of sp³-hybridized carbons (Fsp3) is 0.583. The number of hydrogen-bond acceptors (Lipinski definition) is 6. The topological polar surface area (TPSA) is 78.4 Å². The first-order chi connectivity index (χ1) is 15.5. The van der Waals surface area contributed by atoms with Crippen LogP contribution in [0.2, 0.25) is 5.02 Å². The lowest BCUT2D eigenvalue weighted by atomic mass is 9.77. The van der Waals surface area contributed by atoms with Crippen LogP contribution in [0.3, 0.4) is 0 Å². The molecule has 6 rings (SSSR count). The van der Waals surface area contributed by atoms with Crippen molar-refractivity contribution < 1.29 is 9.32 Å². The van der Waals surface area contributed by atoms with Gasteiger partial charge in [0.05, 0.1) is 28.6 Å². The molecule has 2 aliphatic heterocycles. The Hall–Kier alpha value is -1.70. The minimum atomic E-state index is -1.06. The average Bonchev–Trinajstić information content (AvgIpc) is 3.50. The van der Waals surface area contributed by atoms with E-state index in [1.165, 1.54) is 5.69 Å². The highest BCUT2D eigenvalue weighted by atomic mass is 35.5. The fourth-order valence-electron chi connectivity index (χ4n) is 5.46. The molecule has 1 saturated heterocycles. The molecule has 2 aromatic rings. The van der Waals surface area contributed by atoms with Gasteiger partial charge in [-0.2, -0.15) is 0 Å². The van der Waals surface area contributed by atoms with E-state index < -0.39 is 10.8 Å². The molecule has 0 radical (unpaired) electrons. The highest BCUT2D eigenvalue weighted by Crippen LogP contribution is 2.56. The number of halogens is 1. The minimum absolute atomic E-state index is 0.00428. The van der Waals surface area contributed by atoms with E-state index in [1.54, 1.807) is 0 Å². The van der Waals surface area contributed by atoms with Crippen LogP contribution < -0.4 is 10.2 Å². The monoisotopic (exact) mass is 472 g/mol. The maximum atomic E-state index is 13.0. The van der Waals surface area contributed by atoms with Crippen LogP contribution in [-0.4, -0.2) is 50.3 Å². The maximum absolute atomic E-state index is 13.0. The summed E-state index contributed by atoms with van der Waals surface area (Å²) in [4.78, 5) is 13.2. The highest BCUT2D eigenvalue weighted by Gasteiger charge is 2.55. The summed E-state index contributed by atoms with van der Waals surface area (Å²) in [6, 6.07) is 8.04. The third-order valence-corrected chi connectivity index (χ3v) is 9.83. The molecule has 0 bridgehead atoms. The highest BCUT2D eigenvalue weighted by molar-refractivity contribution is 7.85. The summed E-state index contributed by atoms with van der Waals surface area (Å²) in [5.41, 5.74) is 1.91. The van der Waals surface area contributed by atoms with Gasteiger partial charge >= 0.3 is 0 Å². The molecule has 2 aliphatic carbocycles. The lowest BCUT2D eigenvalue weighted by Crippen LogP contribution is -2.48. The van der Waals surface area contributed by atoms with E-state index in [4.69, 9.17) is 21.6 Å².